The molecule has 0 radical (unpaired) electrons. The average Bonchev–Trinajstić information content (AvgIpc) is 2.03. The summed E-state index contributed by atoms with van der Waals surface area (Å²) in [5, 5.41) is 8.82. The van der Waals surface area contributed by atoms with Crippen molar-refractivity contribution in [2.24, 2.45) is 0 Å². The fraction of sp³-hybridized carbons (Fsp3) is 0.300. The minimum atomic E-state index is 0. The van der Waals surface area contributed by atoms with Gasteiger partial charge in [0.25, 0.3) is 0 Å². The molecule has 0 spiro atoms. The molecule has 0 unspecified atom stereocenters. The Labute approximate surface area is 96.3 Å². The van der Waals surface area contributed by atoms with Gasteiger partial charge in [-0.05, 0) is 6.07 Å². The number of quaternary nitrogens is 1. The van der Waals surface area contributed by atoms with Gasteiger partial charge in [0.15, 0.2) is 0 Å². The summed E-state index contributed by atoms with van der Waals surface area (Å²) in [6.45, 7) is 0. The maximum atomic E-state index is 8.82. The van der Waals surface area contributed by atoms with E-state index < -0.39 is 0 Å². The van der Waals surface area contributed by atoms with E-state index in [9.17, 15) is 0 Å². The predicted octanol–water partition coefficient (Wildman–Crippen LogP) is 0.303. The first-order valence-electron chi connectivity index (χ1n) is 3.87. The molecule has 70 valence electrons. The van der Waals surface area contributed by atoms with E-state index in [0.717, 1.165) is 11.3 Å². The van der Waals surface area contributed by atoms with Crippen LogP contribution >= 0.6 is 0 Å². The molecule has 2 nitrogen and oxygen atoms in total. The molecule has 0 bridgehead atoms. The molecule has 0 saturated heterocycles. The standard InChI is InChI=1S/C10H13N2.Sn.4H/c1-12(2,3)10-7-5-4-6-9(10)8-11;;;;;/h4-7H,1-3H3;;;;;/q+1;;;;;. The normalized spacial score (nSPS) is 10.0. The zero-order chi connectivity index (χ0) is 9.19. The van der Waals surface area contributed by atoms with E-state index in [2.05, 4.69) is 27.2 Å². The van der Waals surface area contributed by atoms with Crippen molar-refractivity contribution in [3.05, 3.63) is 29.8 Å². The van der Waals surface area contributed by atoms with Gasteiger partial charge in [0.2, 0.25) is 0 Å². The second kappa shape index (κ2) is 4.63. The Hall–Kier alpha value is -0.531. The number of hydrogen-bond acceptors (Lipinski definition) is 1. The van der Waals surface area contributed by atoms with Gasteiger partial charge in [0.05, 0.1) is 21.1 Å². The van der Waals surface area contributed by atoms with Crippen LogP contribution in [-0.4, -0.2) is 45.1 Å². The SMILES string of the molecule is C[N+](C)(C)c1ccccc1C#N.[SnH4]. The van der Waals surface area contributed by atoms with Crippen molar-refractivity contribution in [1.29, 1.82) is 5.26 Å². The number of nitrogens with zero attached hydrogens (tertiary/aromatic N) is 2. The van der Waals surface area contributed by atoms with Crippen molar-refractivity contribution in [1.82, 2.24) is 4.48 Å². The Morgan fingerprint density at radius 3 is 2.08 bits per heavy atom. The molecule has 0 amide bonds. The molecule has 0 aliphatic carbocycles. The van der Waals surface area contributed by atoms with Gasteiger partial charge < -0.3 is 0 Å². The van der Waals surface area contributed by atoms with Crippen LogP contribution < -0.4 is 4.48 Å². The number of rotatable bonds is 1. The zero-order valence-electron chi connectivity index (χ0n) is 7.70. The molecule has 0 aromatic heterocycles. The maximum absolute atomic E-state index is 8.82. The van der Waals surface area contributed by atoms with E-state index in [1.807, 2.05) is 24.3 Å². The van der Waals surface area contributed by atoms with E-state index in [1.165, 1.54) is 0 Å². The predicted molar refractivity (Wildman–Crippen MR) is 62.1 cm³/mol. The van der Waals surface area contributed by atoms with Gasteiger partial charge in [0, 0.05) is 6.07 Å². The summed E-state index contributed by atoms with van der Waals surface area (Å²) in [5.74, 6) is 0. The molecule has 1 aromatic carbocycles. The van der Waals surface area contributed by atoms with Crippen LogP contribution in [0.2, 0.25) is 0 Å². The second-order valence-electron chi connectivity index (χ2n) is 3.64. The Bertz CT molecular complexity index is 320. The van der Waals surface area contributed by atoms with Crippen LogP contribution in [0, 0.1) is 11.3 Å². The molecule has 0 atom stereocenters. The van der Waals surface area contributed by atoms with Crippen molar-refractivity contribution in [3.8, 4) is 6.07 Å². The molecule has 0 heterocycles. The van der Waals surface area contributed by atoms with Crippen molar-refractivity contribution < 1.29 is 0 Å². The molecule has 0 aliphatic heterocycles. The Kier molecular flexibility index (Phi) is 4.44. The molecular weight excluding hydrogens is 267 g/mol. The molecule has 0 aliphatic rings. The van der Waals surface area contributed by atoms with Gasteiger partial charge in [-0.2, -0.15) is 5.26 Å². The fourth-order valence-corrected chi connectivity index (χ4v) is 1.15. The molecular formula is C10H17N2Sn+. The van der Waals surface area contributed by atoms with Crippen molar-refractivity contribution in [2.45, 2.75) is 0 Å². The third-order valence-corrected chi connectivity index (χ3v) is 1.75. The van der Waals surface area contributed by atoms with Crippen LogP contribution in [-0.2, 0) is 0 Å². The van der Waals surface area contributed by atoms with E-state index in [4.69, 9.17) is 5.26 Å². The van der Waals surface area contributed by atoms with E-state index >= 15 is 0 Å². The molecule has 0 N–H and O–H groups in total. The van der Waals surface area contributed by atoms with Crippen molar-refractivity contribution in [2.75, 3.05) is 21.1 Å². The molecule has 1 rings (SSSR count). The van der Waals surface area contributed by atoms with E-state index in [0.29, 0.717) is 4.48 Å². The van der Waals surface area contributed by atoms with Crippen LogP contribution in [0.3, 0.4) is 0 Å². The Balaban J connectivity index is 0.00000144. The summed E-state index contributed by atoms with van der Waals surface area (Å²) in [6, 6.07) is 9.86. The van der Waals surface area contributed by atoms with Gasteiger partial charge >= 0.3 is 23.9 Å². The van der Waals surface area contributed by atoms with Gasteiger partial charge in [0.1, 0.15) is 17.3 Å². The first-order valence-corrected chi connectivity index (χ1v) is 3.87. The summed E-state index contributed by atoms with van der Waals surface area (Å²) in [7, 11) is 6.16. The van der Waals surface area contributed by atoms with Crippen molar-refractivity contribution >= 4 is 29.6 Å². The third-order valence-electron chi connectivity index (χ3n) is 1.75. The average molecular weight is 284 g/mol. The number of hydrogen-bond donors (Lipinski definition) is 0. The van der Waals surface area contributed by atoms with Gasteiger partial charge in [-0.1, -0.05) is 12.1 Å². The molecule has 13 heavy (non-hydrogen) atoms. The monoisotopic (exact) mass is 285 g/mol. The van der Waals surface area contributed by atoms with Crippen LogP contribution in [0.15, 0.2) is 24.3 Å². The van der Waals surface area contributed by atoms with Crippen molar-refractivity contribution in [3.63, 3.8) is 0 Å². The quantitative estimate of drug-likeness (QED) is 0.537. The summed E-state index contributed by atoms with van der Waals surface area (Å²) < 4.78 is 0.684. The molecule has 0 saturated carbocycles. The number of nitriles is 1. The number of para-hydroxylation sites is 1. The third kappa shape index (κ3) is 3.01. The summed E-state index contributed by atoms with van der Waals surface area (Å²) >= 11 is 0. The van der Waals surface area contributed by atoms with Gasteiger partial charge in [-0.25, -0.2) is 0 Å². The zero-order valence-corrected chi connectivity index (χ0v) is 7.70. The summed E-state index contributed by atoms with van der Waals surface area (Å²) in [5.41, 5.74) is 1.81. The van der Waals surface area contributed by atoms with Gasteiger partial charge in [-0.15, -0.1) is 0 Å². The molecule has 0 fully saturated rings. The Morgan fingerprint density at radius 1 is 1.15 bits per heavy atom. The van der Waals surface area contributed by atoms with E-state index in [-0.39, 0.29) is 23.9 Å². The van der Waals surface area contributed by atoms with Crippen LogP contribution in [0.1, 0.15) is 5.56 Å². The second-order valence-corrected chi connectivity index (χ2v) is 3.64. The topological polar surface area (TPSA) is 23.8 Å². The van der Waals surface area contributed by atoms with Gasteiger partial charge in [-0.3, -0.25) is 4.48 Å². The molecule has 3 heteroatoms. The Morgan fingerprint density at radius 2 is 1.69 bits per heavy atom. The first-order chi connectivity index (χ1) is 5.55. The minimum absolute atomic E-state index is 0. The molecule has 1 aromatic rings. The van der Waals surface area contributed by atoms with Crippen LogP contribution in [0.5, 0.6) is 0 Å². The summed E-state index contributed by atoms with van der Waals surface area (Å²) in [6.07, 6.45) is 0. The fourth-order valence-electron chi connectivity index (χ4n) is 1.15. The number of benzene rings is 1. The van der Waals surface area contributed by atoms with Crippen LogP contribution in [0.4, 0.5) is 5.69 Å². The first kappa shape index (κ1) is 12.5. The van der Waals surface area contributed by atoms with E-state index in [1.54, 1.807) is 0 Å². The summed E-state index contributed by atoms with van der Waals surface area (Å²) in [4.78, 5) is 0. The van der Waals surface area contributed by atoms with Crippen LogP contribution in [0.25, 0.3) is 0 Å².